The van der Waals surface area contributed by atoms with Gasteiger partial charge in [0.1, 0.15) is 21.0 Å². The molecule has 0 radical (unpaired) electrons. The van der Waals surface area contributed by atoms with E-state index in [0.717, 1.165) is 11.1 Å². The van der Waals surface area contributed by atoms with Crippen molar-refractivity contribution in [2.45, 2.75) is 19.5 Å². The molecule has 0 amide bonds. The highest BCUT2D eigenvalue weighted by Gasteiger charge is 2.59. The zero-order valence-electron chi connectivity index (χ0n) is 11.6. The normalized spacial score (nSPS) is 11.1. The van der Waals surface area contributed by atoms with E-state index in [1.54, 1.807) is 24.3 Å². The topological polar surface area (TPSA) is 86.3 Å². The second-order valence-electron chi connectivity index (χ2n) is 4.92. The summed E-state index contributed by atoms with van der Waals surface area (Å²) in [6.07, 6.45) is 0. The van der Waals surface area contributed by atoms with Gasteiger partial charge in [-0.2, -0.15) is 0 Å². The summed E-state index contributed by atoms with van der Waals surface area (Å²) in [5.41, 5.74) is -0.660. The average Bonchev–Trinajstić information content (AvgIpc) is 2.43. The number of nitrogens with zero attached hydrogens (tertiary/aromatic N) is 2. The Bertz CT molecular complexity index is 616. The molecule has 2 aromatic rings. The van der Waals surface area contributed by atoms with E-state index in [1.807, 2.05) is 13.8 Å². The van der Waals surface area contributed by atoms with Gasteiger partial charge in [-0.1, -0.05) is 35.4 Å². The van der Waals surface area contributed by atoms with Crippen molar-refractivity contribution >= 4 is 0 Å². The van der Waals surface area contributed by atoms with E-state index >= 15 is 0 Å². The lowest BCUT2D eigenvalue weighted by atomic mass is 9.91. The highest BCUT2D eigenvalue weighted by Crippen LogP contribution is 2.34. The van der Waals surface area contributed by atoms with E-state index in [-0.39, 0.29) is 11.1 Å². The van der Waals surface area contributed by atoms with Gasteiger partial charge in [0, 0.05) is 0 Å². The van der Waals surface area contributed by atoms with Crippen molar-refractivity contribution in [1.29, 1.82) is 0 Å². The van der Waals surface area contributed by atoms with Crippen molar-refractivity contribution in [3.05, 3.63) is 91.0 Å². The van der Waals surface area contributed by atoms with Crippen molar-refractivity contribution in [2.75, 3.05) is 0 Å². The fourth-order valence-electron chi connectivity index (χ4n) is 2.23. The van der Waals surface area contributed by atoms with Crippen molar-refractivity contribution in [2.24, 2.45) is 0 Å². The first-order chi connectivity index (χ1) is 9.88. The Balaban J connectivity index is 2.75. The Morgan fingerprint density at radius 3 is 1.24 bits per heavy atom. The van der Waals surface area contributed by atoms with Crippen LogP contribution in [-0.4, -0.2) is 9.85 Å². The smallest absolute Gasteiger partial charge is 0.258 e. The average molecular weight is 286 g/mol. The molecule has 2 aromatic carbocycles. The summed E-state index contributed by atoms with van der Waals surface area (Å²) in [5.74, 6) is 0. The van der Waals surface area contributed by atoms with Crippen LogP contribution in [0.25, 0.3) is 0 Å². The quantitative estimate of drug-likeness (QED) is 0.491. The molecule has 0 saturated carbocycles. The van der Waals surface area contributed by atoms with E-state index in [4.69, 9.17) is 0 Å². The number of rotatable bonds is 4. The molecule has 6 nitrogen and oxygen atoms in total. The highest BCUT2D eigenvalue weighted by atomic mass is 16.7. The third kappa shape index (κ3) is 2.35. The molecule has 0 heterocycles. The van der Waals surface area contributed by atoms with Crippen LogP contribution in [-0.2, 0) is 5.66 Å². The standard InChI is InChI=1S/C15H14N2O4/c1-11-3-7-13(8-4-11)15(16(18)19,17(20)21)14-9-5-12(2)6-10-14/h3-10H,1-2H3. The predicted molar refractivity (Wildman–Crippen MR) is 77.1 cm³/mol. The van der Waals surface area contributed by atoms with Crippen LogP contribution in [0, 0.1) is 34.1 Å². The fourth-order valence-corrected chi connectivity index (χ4v) is 2.23. The highest BCUT2D eigenvalue weighted by molar-refractivity contribution is 5.35. The van der Waals surface area contributed by atoms with E-state index in [9.17, 15) is 20.2 Å². The third-order valence-electron chi connectivity index (χ3n) is 3.44. The van der Waals surface area contributed by atoms with Gasteiger partial charge in [-0.25, -0.2) is 0 Å². The summed E-state index contributed by atoms with van der Waals surface area (Å²) in [5, 5.41) is 23.2. The first-order valence-corrected chi connectivity index (χ1v) is 6.32. The van der Waals surface area contributed by atoms with Crippen LogP contribution < -0.4 is 0 Å². The van der Waals surface area contributed by atoms with Crippen LogP contribution in [0.5, 0.6) is 0 Å². The zero-order valence-corrected chi connectivity index (χ0v) is 11.6. The number of hydrogen-bond acceptors (Lipinski definition) is 4. The van der Waals surface area contributed by atoms with Gasteiger partial charge >= 0.3 is 5.66 Å². The van der Waals surface area contributed by atoms with Gasteiger partial charge in [0.15, 0.2) is 0 Å². The molecule has 0 aliphatic rings. The van der Waals surface area contributed by atoms with Crippen LogP contribution in [0.3, 0.4) is 0 Å². The molecule has 0 saturated heterocycles. The van der Waals surface area contributed by atoms with Crippen LogP contribution >= 0.6 is 0 Å². The van der Waals surface area contributed by atoms with E-state index in [1.165, 1.54) is 24.3 Å². The summed E-state index contributed by atoms with van der Waals surface area (Å²) in [7, 11) is 0. The Kier molecular flexibility index (Phi) is 3.71. The largest absolute Gasteiger partial charge is 0.510 e. The first kappa shape index (κ1) is 14.6. The van der Waals surface area contributed by atoms with Gasteiger partial charge in [-0.3, -0.25) is 20.2 Å². The van der Waals surface area contributed by atoms with Gasteiger partial charge in [0.2, 0.25) is 0 Å². The molecule has 2 rings (SSSR count). The molecule has 108 valence electrons. The second kappa shape index (κ2) is 5.32. The second-order valence-corrected chi connectivity index (χ2v) is 4.92. The van der Waals surface area contributed by atoms with Gasteiger partial charge in [-0.15, -0.1) is 0 Å². The van der Waals surface area contributed by atoms with Gasteiger partial charge in [-0.05, 0) is 38.1 Å². The molecule has 0 N–H and O–H groups in total. The molecular formula is C15H14N2O4. The third-order valence-corrected chi connectivity index (χ3v) is 3.44. The number of nitro groups is 2. The monoisotopic (exact) mass is 286 g/mol. The minimum atomic E-state index is -2.48. The fraction of sp³-hybridized carbons (Fsp3) is 0.200. The first-order valence-electron chi connectivity index (χ1n) is 6.32. The molecule has 0 spiro atoms. The maximum atomic E-state index is 11.6. The van der Waals surface area contributed by atoms with E-state index in [0.29, 0.717) is 0 Å². The molecule has 0 aliphatic carbocycles. The maximum Gasteiger partial charge on any atom is 0.510 e. The molecular weight excluding hydrogens is 272 g/mol. The SMILES string of the molecule is Cc1ccc(C(c2ccc(C)cc2)([N+](=O)[O-])[N+](=O)[O-])cc1. The molecule has 0 bridgehead atoms. The maximum absolute atomic E-state index is 11.6. The van der Waals surface area contributed by atoms with Crippen LogP contribution in [0.15, 0.2) is 48.5 Å². The lowest BCUT2D eigenvalue weighted by Crippen LogP contribution is -2.44. The minimum Gasteiger partial charge on any atom is -0.258 e. The summed E-state index contributed by atoms with van der Waals surface area (Å²) in [6.45, 7) is 3.63. The lowest BCUT2D eigenvalue weighted by molar-refractivity contribution is -0.796. The Morgan fingerprint density at radius 2 is 1.00 bits per heavy atom. The van der Waals surface area contributed by atoms with Gasteiger partial charge in [0.25, 0.3) is 0 Å². The number of hydrogen-bond donors (Lipinski definition) is 0. The van der Waals surface area contributed by atoms with E-state index < -0.39 is 15.5 Å². The van der Waals surface area contributed by atoms with Crippen LogP contribution in [0.2, 0.25) is 0 Å². The van der Waals surface area contributed by atoms with Crippen LogP contribution in [0.4, 0.5) is 0 Å². The number of benzene rings is 2. The summed E-state index contributed by atoms with van der Waals surface area (Å²) < 4.78 is 0. The molecule has 0 aliphatic heterocycles. The molecule has 21 heavy (non-hydrogen) atoms. The summed E-state index contributed by atoms with van der Waals surface area (Å²) >= 11 is 0. The van der Waals surface area contributed by atoms with Gasteiger partial charge in [0.05, 0.1) is 0 Å². The Hall–Kier alpha value is -2.76. The predicted octanol–water partition coefficient (Wildman–Crippen LogP) is 3.06. The van der Waals surface area contributed by atoms with Crippen molar-refractivity contribution in [1.82, 2.24) is 0 Å². The van der Waals surface area contributed by atoms with Gasteiger partial charge < -0.3 is 0 Å². The van der Waals surface area contributed by atoms with E-state index in [2.05, 4.69) is 0 Å². The zero-order chi connectivity index (χ0) is 15.6. The molecule has 0 fully saturated rings. The molecule has 6 heteroatoms. The summed E-state index contributed by atoms with van der Waals surface area (Å²) in [6, 6.07) is 12.2. The Morgan fingerprint density at radius 1 is 0.714 bits per heavy atom. The number of aryl methyl sites for hydroxylation is 2. The molecule has 0 aromatic heterocycles. The molecule has 0 unspecified atom stereocenters. The molecule has 0 atom stereocenters. The van der Waals surface area contributed by atoms with Crippen molar-refractivity contribution < 1.29 is 9.85 Å². The van der Waals surface area contributed by atoms with Crippen molar-refractivity contribution in [3.8, 4) is 0 Å². The lowest BCUT2D eigenvalue weighted by Gasteiger charge is -2.18. The van der Waals surface area contributed by atoms with Crippen LogP contribution in [0.1, 0.15) is 22.3 Å². The minimum absolute atomic E-state index is 0.0342. The Labute approximate surface area is 121 Å². The summed E-state index contributed by atoms with van der Waals surface area (Å²) in [4.78, 5) is 21.5. The van der Waals surface area contributed by atoms with Crippen molar-refractivity contribution in [3.63, 3.8) is 0 Å².